The van der Waals surface area contributed by atoms with Gasteiger partial charge in [-0.3, -0.25) is 14.4 Å². The monoisotopic (exact) mass is 331 g/mol. The maximum Gasteiger partial charge on any atom is 0.314 e. The highest BCUT2D eigenvalue weighted by Gasteiger charge is 2.14. The van der Waals surface area contributed by atoms with Crippen molar-refractivity contribution in [3.05, 3.63) is 53.6 Å². The van der Waals surface area contributed by atoms with E-state index in [0.29, 0.717) is 22.1 Å². The van der Waals surface area contributed by atoms with Crippen molar-refractivity contribution in [2.24, 2.45) is 0 Å². The van der Waals surface area contributed by atoms with Gasteiger partial charge in [-0.1, -0.05) is 11.6 Å². The van der Waals surface area contributed by atoms with Gasteiger partial charge in [-0.05, 0) is 48.5 Å². The van der Waals surface area contributed by atoms with Crippen molar-refractivity contribution in [3.8, 4) is 0 Å². The van der Waals surface area contributed by atoms with Crippen molar-refractivity contribution in [2.45, 2.75) is 6.92 Å². The second-order valence-corrected chi connectivity index (χ2v) is 5.11. The van der Waals surface area contributed by atoms with Crippen molar-refractivity contribution in [1.82, 2.24) is 0 Å². The lowest BCUT2D eigenvalue weighted by Crippen LogP contribution is -2.29. The Kier molecular flexibility index (Phi) is 5.32. The van der Waals surface area contributed by atoms with Gasteiger partial charge >= 0.3 is 11.8 Å². The van der Waals surface area contributed by atoms with Gasteiger partial charge in [0.25, 0.3) is 0 Å². The summed E-state index contributed by atoms with van der Waals surface area (Å²) in [5, 5.41) is 8.06. The number of amides is 3. The van der Waals surface area contributed by atoms with Gasteiger partial charge < -0.3 is 16.0 Å². The van der Waals surface area contributed by atoms with E-state index >= 15 is 0 Å². The van der Waals surface area contributed by atoms with Crippen LogP contribution in [0.25, 0.3) is 0 Å². The van der Waals surface area contributed by atoms with Crippen LogP contribution in [0.5, 0.6) is 0 Å². The summed E-state index contributed by atoms with van der Waals surface area (Å²) < 4.78 is 0. The summed E-state index contributed by atoms with van der Waals surface area (Å²) in [7, 11) is 0. The van der Waals surface area contributed by atoms with E-state index < -0.39 is 11.8 Å². The number of nitrogens with one attached hydrogen (secondary N) is 3. The zero-order valence-corrected chi connectivity index (χ0v) is 13.0. The lowest BCUT2D eigenvalue weighted by Gasteiger charge is -2.08. The first kappa shape index (κ1) is 16.5. The molecule has 2 aromatic rings. The average Bonchev–Trinajstić information content (AvgIpc) is 2.51. The molecule has 0 unspecified atom stereocenters. The van der Waals surface area contributed by atoms with Crippen molar-refractivity contribution in [1.29, 1.82) is 0 Å². The molecule has 0 aliphatic rings. The minimum absolute atomic E-state index is 0.191. The zero-order chi connectivity index (χ0) is 16.8. The Bertz CT molecular complexity index is 727. The van der Waals surface area contributed by atoms with Crippen LogP contribution in [0.1, 0.15) is 6.92 Å². The van der Waals surface area contributed by atoms with Crippen molar-refractivity contribution in [3.63, 3.8) is 0 Å². The van der Waals surface area contributed by atoms with E-state index in [1.54, 1.807) is 48.5 Å². The molecule has 0 spiro atoms. The predicted octanol–water partition coefficient (Wildman–Crippen LogP) is 2.88. The van der Waals surface area contributed by atoms with Crippen LogP contribution in [0, 0.1) is 0 Å². The molecule has 0 atom stereocenters. The molecule has 0 bridgehead atoms. The number of carbonyl (C=O) groups excluding carboxylic acids is 3. The van der Waals surface area contributed by atoms with Crippen LogP contribution in [-0.2, 0) is 14.4 Å². The number of hydrogen-bond donors (Lipinski definition) is 3. The molecule has 2 aromatic carbocycles. The van der Waals surface area contributed by atoms with E-state index in [4.69, 9.17) is 11.6 Å². The Labute approximate surface area is 137 Å². The number of halogens is 1. The molecule has 7 heteroatoms. The fraction of sp³-hybridized carbons (Fsp3) is 0.0625. The Morgan fingerprint density at radius 1 is 0.696 bits per heavy atom. The predicted molar refractivity (Wildman–Crippen MR) is 89.5 cm³/mol. The SMILES string of the molecule is CC(=O)Nc1ccc(NC(=O)C(=O)Nc2ccc(Cl)cc2)cc1. The van der Waals surface area contributed by atoms with E-state index in [9.17, 15) is 14.4 Å². The first-order valence-electron chi connectivity index (χ1n) is 6.69. The lowest BCUT2D eigenvalue weighted by molar-refractivity contribution is -0.132. The Balaban J connectivity index is 1.94. The fourth-order valence-electron chi connectivity index (χ4n) is 1.75. The van der Waals surface area contributed by atoms with Gasteiger partial charge in [-0.15, -0.1) is 0 Å². The third-order valence-corrected chi connectivity index (χ3v) is 3.02. The number of hydrogen-bond acceptors (Lipinski definition) is 3. The third-order valence-electron chi connectivity index (χ3n) is 2.77. The van der Waals surface area contributed by atoms with Crippen molar-refractivity contribution >= 4 is 46.4 Å². The van der Waals surface area contributed by atoms with Crippen molar-refractivity contribution in [2.75, 3.05) is 16.0 Å². The lowest BCUT2D eigenvalue weighted by atomic mass is 10.2. The van der Waals surface area contributed by atoms with Gasteiger partial charge in [0, 0.05) is 29.0 Å². The van der Waals surface area contributed by atoms with Gasteiger partial charge in [-0.2, -0.15) is 0 Å². The molecule has 0 aliphatic heterocycles. The highest BCUT2D eigenvalue weighted by atomic mass is 35.5. The summed E-state index contributed by atoms with van der Waals surface area (Å²) in [5.74, 6) is -1.78. The molecule has 118 valence electrons. The number of benzene rings is 2. The van der Waals surface area contributed by atoms with Crippen LogP contribution < -0.4 is 16.0 Å². The summed E-state index contributed by atoms with van der Waals surface area (Å²) >= 11 is 5.74. The Hall–Kier alpha value is -2.86. The molecule has 0 fully saturated rings. The summed E-state index contributed by atoms with van der Waals surface area (Å²) in [4.78, 5) is 34.5. The molecule has 0 heterocycles. The smallest absolute Gasteiger partial charge is 0.314 e. The normalized spacial score (nSPS) is 9.83. The largest absolute Gasteiger partial charge is 0.326 e. The van der Waals surface area contributed by atoms with Gasteiger partial charge in [0.2, 0.25) is 5.91 Å². The molecule has 0 saturated carbocycles. The third kappa shape index (κ3) is 5.12. The zero-order valence-electron chi connectivity index (χ0n) is 12.2. The Morgan fingerprint density at radius 2 is 1.04 bits per heavy atom. The van der Waals surface area contributed by atoms with E-state index in [1.807, 2.05) is 0 Å². The molecule has 0 saturated heterocycles. The molecule has 0 aliphatic carbocycles. The van der Waals surface area contributed by atoms with Crippen molar-refractivity contribution < 1.29 is 14.4 Å². The van der Waals surface area contributed by atoms with Gasteiger partial charge in [0.15, 0.2) is 0 Å². The van der Waals surface area contributed by atoms with Crippen LogP contribution in [0.15, 0.2) is 48.5 Å². The highest BCUT2D eigenvalue weighted by Crippen LogP contribution is 2.15. The van der Waals surface area contributed by atoms with Gasteiger partial charge in [0.1, 0.15) is 0 Å². The molecule has 23 heavy (non-hydrogen) atoms. The molecular weight excluding hydrogens is 318 g/mol. The Morgan fingerprint density at radius 3 is 1.43 bits per heavy atom. The molecule has 0 aromatic heterocycles. The van der Waals surface area contributed by atoms with E-state index in [1.165, 1.54) is 6.92 Å². The molecular formula is C16H14ClN3O3. The maximum absolute atomic E-state index is 11.8. The molecule has 6 nitrogen and oxygen atoms in total. The fourth-order valence-corrected chi connectivity index (χ4v) is 1.88. The van der Waals surface area contributed by atoms with Crippen LogP contribution in [0.2, 0.25) is 5.02 Å². The average molecular weight is 332 g/mol. The second kappa shape index (κ2) is 7.42. The first-order chi connectivity index (χ1) is 10.9. The topological polar surface area (TPSA) is 87.3 Å². The standard InChI is InChI=1S/C16H14ClN3O3/c1-10(21)18-12-6-8-14(9-7-12)20-16(23)15(22)19-13-4-2-11(17)3-5-13/h2-9H,1H3,(H,18,21)(H,19,22)(H,20,23). The number of rotatable bonds is 3. The minimum Gasteiger partial charge on any atom is -0.326 e. The summed E-state index contributed by atoms with van der Waals surface area (Å²) in [6.07, 6.45) is 0. The van der Waals surface area contributed by atoms with E-state index in [-0.39, 0.29) is 5.91 Å². The quantitative estimate of drug-likeness (QED) is 0.756. The number of carbonyl (C=O) groups is 3. The minimum atomic E-state index is -0.799. The highest BCUT2D eigenvalue weighted by molar-refractivity contribution is 6.43. The summed E-state index contributed by atoms with van der Waals surface area (Å²) in [5.41, 5.74) is 1.51. The molecule has 2 rings (SSSR count). The van der Waals surface area contributed by atoms with E-state index in [2.05, 4.69) is 16.0 Å². The summed E-state index contributed by atoms with van der Waals surface area (Å²) in [6, 6.07) is 12.8. The maximum atomic E-state index is 11.8. The van der Waals surface area contributed by atoms with Crippen LogP contribution in [-0.4, -0.2) is 17.7 Å². The molecule has 3 amide bonds. The van der Waals surface area contributed by atoms with Crippen LogP contribution >= 0.6 is 11.6 Å². The van der Waals surface area contributed by atoms with Gasteiger partial charge in [-0.25, -0.2) is 0 Å². The molecule has 0 radical (unpaired) electrons. The molecule has 3 N–H and O–H groups in total. The second-order valence-electron chi connectivity index (χ2n) is 4.67. The number of anilines is 3. The van der Waals surface area contributed by atoms with Gasteiger partial charge in [0.05, 0.1) is 0 Å². The first-order valence-corrected chi connectivity index (χ1v) is 7.07. The van der Waals surface area contributed by atoms with E-state index in [0.717, 1.165) is 0 Å². The van der Waals surface area contributed by atoms with Crippen LogP contribution in [0.4, 0.5) is 17.1 Å². The summed E-state index contributed by atoms with van der Waals surface area (Å²) in [6.45, 7) is 1.40. The van der Waals surface area contributed by atoms with Crippen LogP contribution in [0.3, 0.4) is 0 Å².